The molecule has 25 heavy (non-hydrogen) atoms. The molecule has 1 amide bonds. The first-order valence-electron chi connectivity index (χ1n) is 7.84. The summed E-state index contributed by atoms with van der Waals surface area (Å²) in [6.45, 7) is 5.87. The van der Waals surface area contributed by atoms with E-state index in [1.165, 1.54) is 16.9 Å². The molecule has 1 N–H and O–H groups in total. The maximum Gasteiger partial charge on any atom is 0.248 e. The van der Waals surface area contributed by atoms with Crippen molar-refractivity contribution in [2.45, 2.75) is 27.3 Å². The molecule has 0 bridgehead atoms. The fourth-order valence-electron chi connectivity index (χ4n) is 2.71. The van der Waals surface area contributed by atoms with Crippen molar-refractivity contribution in [3.63, 3.8) is 0 Å². The number of aromatic nitrogens is 4. The fourth-order valence-corrected chi connectivity index (χ4v) is 2.71. The Kier molecular flexibility index (Phi) is 4.56. The van der Waals surface area contributed by atoms with E-state index < -0.39 is 0 Å². The van der Waals surface area contributed by atoms with Gasteiger partial charge < -0.3 is 5.32 Å². The van der Waals surface area contributed by atoms with E-state index in [1.54, 1.807) is 12.1 Å². The summed E-state index contributed by atoms with van der Waals surface area (Å²) in [5, 5.41) is 14.8. The predicted octanol–water partition coefficient (Wildman–Crippen LogP) is 3.04. The Labute approximate surface area is 144 Å². The van der Waals surface area contributed by atoms with E-state index in [0.717, 1.165) is 22.4 Å². The lowest BCUT2D eigenvalue weighted by Gasteiger charge is -2.12. The lowest BCUT2D eigenvalue weighted by molar-refractivity contribution is -0.117. The Hall–Kier alpha value is -3.09. The van der Waals surface area contributed by atoms with Crippen molar-refractivity contribution in [2.24, 2.45) is 0 Å². The van der Waals surface area contributed by atoms with Crippen molar-refractivity contribution >= 4 is 11.6 Å². The number of aryl methyl sites for hydroxylation is 3. The zero-order valence-corrected chi connectivity index (χ0v) is 14.2. The molecule has 0 radical (unpaired) electrons. The van der Waals surface area contributed by atoms with Gasteiger partial charge in [0.1, 0.15) is 12.4 Å². The van der Waals surface area contributed by atoms with E-state index in [1.807, 2.05) is 32.9 Å². The van der Waals surface area contributed by atoms with E-state index in [2.05, 4.69) is 20.7 Å². The highest BCUT2D eigenvalue weighted by Gasteiger charge is 2.12. The maximum atomic E-state index is 13.0. The van der Waals surface area contributed by atoms with E-state index in [0.29, 0.717) is 11.4 Å². The van der Waals surface area contributed by atoms with Gasteiger partial charge in [-0.05, 0) is 61.4 Å². The van der Waals surface area contributed by atoms with Crippen LogP contribution in [-0.2, 0) is 11.3 Å². The number of amides is 1. The van der Waals surface area contributed by atoms with Gasteiger partial charge in [0, 0.05) is 11.3 Å². The zero-order chi connectivity index (χ0) is 18.0. The maximum absolute atomic E-state index is 13.0. The van der Waals surface area contributed by atoms with Gasteiger partial charge in [-0.15, -0.1) is 10.2 Å². The molecule has 0 saturated carbocycles. The number of hydrogen-bond acceptors (Lipinski definition) is 4. The molecule has 128 valence electrons. The summed E-state index contributed by atoms with van der Waals surface area (Å²) in [6.07, 6.45) is 0. The number of nitrogens with one attached hydrogen (secondary N) is 1. The molecule has 2 aromatic carbocycles. The summed E-state index contributed by atoms with van der Waals surface area (Å²) in [5.74, 6) is -0.229. The highest BCUT2D eigenvalue weighted by atomic mass is 19.1. The molecule has 0 unspecified atom stereocenters. The van der Waals surface area contributed by atoms with Gasteiger partial charge in [-0.2, -0.15) is 4.80 Å². The molecule has 0 aliphatic carbocycles. The number of carbonyl (C=O) groups excluding carboxylic acids is 1. The Morgan fingerprint density at radius 2 is 1.76 bits per heavy atom. The first-order valence-corrected chi connectivity index (χ1v) is 7.84. The standard InChI is InChI=1S/C18H18FN5O/c1-11-8-12(2)17(13(3)9-11)20-16(25)10-24-22-18(21-23-24)14-4-6-15(19)7-5-14/h4-9H,10H2,1-3H3,(H,20,25). The zero-order valence-electron chi connectivity index (χ0n) is 14.2. The minimum atomic E-state index is -0.334. The van der Waals surface area contributed by atoms with E-state index in [4.69, 9.17) is 0 Å². The van der Waals surface area contributed by atoms with Gasteiger partial charge in [0.05, 0.1) is 0 Å². The minimum absolute atomic E-state index is 0.0546. The summed E-state index contributed by atoms with van der Waals surface area (Å²) in [5.41, 5.74) is 4.59. The second-order valence-electron chi connectivity index (χ2n) is 5.97. The summed E-state index contributed by atoms with van der Waals surface area (Å²) in [4.78, 5) is 13.5. The minimum Gasteiger partial charge on any atom is -0.324 e. The number of benzene rings is 2. The molecular weight excluding hydrogens is 321 g/mol. The van der Waals surface area contributed by atoms with Crippen LogP contribution in [0.2, 0.25) is 0 Å². The van der Waals surface area contributed by atoms with Crippen LogP contribution in [0, 0.1) is 26.6 Å². The van der Waals surface area contributed by atoms with Crippen molar-refractivity contribution in [3.05, 3.63) is 58.9 Å². The van der Waals surface area contributed by atoms with Crippen molar-refractivity contribution < 1.29 is 9.18 Å². The molecule has 0 fully saturated rings. The summed E-state index contributed by atoms with van der Waals surface area (Å²) in [6, 6.07) is 9.81. The lowest BCUT2D eigenvalue weighted by atomic mass is 10.1. The molecule has 1 heterocycles. The van der Waals surface area contributed by atoms with Crippen LogP contribution in [-0.4, -0.2) is 26.1 Å². The number of tetrazole rings is 1. The first kappa shape index (κ1) is 16.8. The summed E-state index contributed by atoms with van der Waals surface area (Å²) < 4.78 is 13.0. The third-order valence-corrected chi connectivity index (χ3v) is 3.78. The topological polar surface area (TPSA) is 72.7 Å². The molecule has 0 atom stereocenters. The van der Waals surface area contributed by atoms with Crippen molar-refractivity contribution in [2.75, 3.05) is 5.32 Å². The number of nitrogens with zero attached hydrogens (tertiary/aromatic N) is 4. The Bertz CT molecular complexity index is 894. The van der Waals surface area contributed by atoms with Crippen molar-refractivity contribution in [1.82, 2.24) is 20.2 Å². The van der Waals surface area contributed by atoms with Crippen LogP contribution in [0.15, 0.2) is 36.4 Å². The Morgan fingerprint density at radius 1 is 1.12 bits per heavy atom. The number of anilines is 1. The highest BCUT2D eigenvalue weighted by Crippen LogP contribution is 2.22. The van der Waals surface area contributed by atoms with E-state index >= 15 is 0 Å². The quantitative estimate of drug-likeness (QED) is 0.793. The highest BCUT2D eigenvalue weighted by molar-refractivity contribution is 5.92. The van der Waals surface area contributed by atoms with Crippen molar-refractivity contribution in [3.8, 4) is 11.4 Å². The van der Waals surface area contributed by atoms with Crippen LogP contribution < -0.4 is 5.32 Å². The molecule has 0 saturated heterocycles. The normalized spacial score (nSPS) is 10.7. The van der Waals surface area contributed by atoms with Crippen molar-refractivity contribution in [1.29, 1.82) is 0 Å². The smallest absolute Gasteiger partial charge is 0.248 e. The molecular formula is C18H18FN5O. The van der Waals surface area contributed by atoms with Crippen LogP contribution in [0.4, 0.5) is 10.1 Å². The van der Waals surface area contributed by atoms with E-state index in [9.17, 15) is 9.18 Å². The largest absolute Gasteiger partial charge is 0.324 e. The summed E-state index contributed by atoms with van der Waals surface area (Å²) in [7, 11) is 0. The third kappa shape index (κ3) is 3.88. The van der Waals surface area contributed by atoms with Crippen LogP contribution in [0.25, 0.3) is 11.4 Å². The number of carbonyl (C=O) groups is 1. The Morgan fingerprint density at radius 3 is 2.40 bits per heavy atom. The van der Waals surface area contributed by atoms with Gasteiger partial charge in [0.2, 0.25) is 11.7 Å². The van der Waals surface area contributed by atoms with Gasteiger partial charge in [-0.25, -0.2) is 4.39 Å². The van der Waals surface area contributed by atoms with Crippen LogP contribution in [0.1, 0.15) is 16.7 Å². The van der Waals surface area contributed by atoms with Gasteiger partial charge >= 0.3 is 0 Å². The van der Waals surface area contributed by atoms with Crippen LogP contribution in [0.5, 0.6) is 0 Å². The average molecular weight is 339 g/mol. The van der Waals surface area contributed by atoms with Gasteiger partial charge in [0.15, 0.2) is 0 Å². The molecule has 1 aromatic heterocycles. The molecule has 7 heteroatoms. The van der Waals surface area contributed by atoms with Gasteiger partial charge in [0.25, 0.3) is 0 Å². The molecule has 3 aromatic rings. The third-order valence-electron chi connectivity index (χ3n) is 3.78. The second kappa shape index (κ2) is 6.80. The van der Waals surface area contributed by atoms with Crippen LogP contribution >= 0.6 is 0 Å². The molecule has 6 nitrogen and oxygen atoms in total. The fraction of sp³-hybridized carbons (Fsp3) is 0.222. The molecule has 0 spiro atoms. The SMILES string of the molecule is Cc1cc(C)c(NC(=O)Cn2nnc(-c3ccc(F)cc3)n2)c(C)c1. The van der Waals surface area contributed by atoms with Crippen LogP contribution in [0.3, 0.4) is 0 Å². The second-order valence-corrected chi connectivity index (χ2v) is 5.97. The molecule has 0 aliphatic rings. The molecule has 3 rings (SSSR count). The monoisotopic (exact) mass is 339 g/mol. The summed E-state index contributed by atoms with van der Waals surface area (Å²) >= 11 is 0. The first-order chi connectivity index (χ1) is 11.9. The van der Waals surface area contributed by atoms with E-state index in [-0.39, 0.29) is 18.3 Å². The number of hydrogen-bond donors (Lipinski definition) is 1. The Balaban J connectivity index is 1.71. The number of rotatable bonds is 4. The molecule has 0 aliphatic heterocycles. The average Bonchev–Trinajstić information content (AvgIpc) is 3.00. The lowest BCUT2D eigenvalue weighted by Crippen LogP contribution is -2.21. The predicted molar refractivity (Wildman–Crippen MR) is 92.5 cm³/mol. The van der Waals surface area contributed by atoms with Gasteiger partial charge in [-0.3, -0.25) is 4.79 Å². The number of halogens is 1. The van der Waals surface area contributed by atoms with Gasteiger partial charge in [-0.1, -0.05) is 17.7 Å².